The van der Waals surface area contributed by atoms with E-state index in [0.717, 1.165) is 0 Å². The number of hydrogen-bond acceptors (Lipinski definition) is 4. The van der Waals surface area contributed by atoms with E-state index in [1.54, 1.807) is 31.4 Å². The summed E-state index contributed by atoms with van der Waals surface area (Å²) in [5.41, 5.74) is 6.27. The van der Waals surface area contributed by atoms with Crippen molar-refractivity contribution in [3.05, 3.63) is 24.3 Å². The molecule has 0 saturated heterocycles. The summed E-state index contributed by atoms with van der Waals surface area (Å²) in [5, 5.41) is 2.76. The summed E-state index contributed by atoms with van der Waals surface area (Å²) in [4.78, 5) is 26.0. The lowest BCUT2D eigenvalue weighted by atomic mass is 9.86. The average Bonchev–Trinajstić information content (AvgIpc) is 2.50. The van der Waals surface area contributed by atoms with Crippen LogP contribution in [0.4, 0.5) is 5.69 Å². The maximum Gasteiger partial charge on any atom is 0.243 e. The second-order valence-corrected chi connectivity index (χ2v) is 6.48. The minimum atomic E-state index is -0.646. The van der Waals surface area contributed by atoms with Crippen LogP contribution in [0.3, 0.4) is 0 Å². The van der Waals surface area contributed by atoms with Gasteiger partial charge in [0.15, 0.2) is 0 Å². The average molecular weight is 321 g/mol. The van der Waals surface area contributed by atoms with E-state index in [1.807, 2.05) is 27.7 Å². The number of anilines is 1. The third kappa shape index (κ3) is 5.56. The van der Waals surface area contributed by atoms with E-state index < -0.39 is 6.04 Å². The Kier molecular flexibility index (Phi) is 6.57. The summed E-state index contributed by atoms with van der Waals surface area (Å²) < 4.78 is 5.11. The SMILES string of the molecule is CCN(CC(=O)Nc1cccc(OC)c1)C(=O)[C@@H](N)C(C)(C)C. The van der Waals surface area contributed by atoms with Gasteiger partial charge >= 0.3 is 0 Å². The van der Waals surface area contributed by atoms with Gasteiger partial charge in [-0.15, -0.1) is 0 Å². The fourth-order valence-corrected chi connectivity index (χ4v) is 1.99. The molecule has 0 aliphatic heterocycles. The van der Waals surface area contributed by atoms with Crippen molar-refractivity contribution in [1.29, 1.82) is 0 Å². The normalized spacial score (nSPS) is 12.4. The maximum atomic E-state index is 12.4. The molecule has 1 aromatic rings. The second kappa shape index (κ2) is 7.97. The molecule has 6 nitrogen and oxygen atoms in total. The number of amides is 2. The molecule has 0 unspecified atom stereocenters. The Hall–Kier alpha value is -2.08. The molecule has 0 fully saturated rings. The number of likely N-dealkylation sites (N-methyl/N-ethyl adjacent to an activating group) is 1. The van der Waals surface area contributed by atoms with Gasteiger partial charge in [0.1, 0.15) is 5.75 Å². The Morgan fingerprint density at radius 1 is 1.35 bits per heavy atom. The Morgan fingerprint density at radius 2 is 2.00 bits per heavy atom. The van der Waals surface area contributed by atoms with Crippen molar-refractivity contribution in [2.75, 3.05) is 25.5 Å². The highest BCUT2D eigenvalue weighted by atomic mass is 16.5. The number of benzene rings is 1. The molecule has 0 bridgehead atoms. The molecule has 3 N–H and O–H groups in total. The van der Waals surface area contributed by atoms with Gasteiger partial charge in [-0.1, -0.05) is 26.8 Å². The van der Waals surface area contributed by atoms with E-state index in [2.05, 4.69) is 5.32 Å². The summed E-state index contributed by atoms with van der Waals surface area (Å²) >= 11 is 0. The van der Waals surface area contributed by atoms with Gasteiger partial charge in [0.2, 0.25) is 11.8 Å². The standard InChI is InChI=1S/C17H27N3O3/c1-6-20(16(22)15(18)17(2,3)4)11-14(21)19-12-8-7-9-13(10-12)23-5/h7-10,15H,6,11,18H2,1-5H3,(H,19,21)/t15-/m1/s1. The van der Waals surface area contributed by atoms with Gasteiger partial charge in [0, 0.05) is 18.3 Å². The predicted octanol–water partition coefficient (Wildman–Crippen LogP) is 1.86. The second-order valence-electron chi connectivity index (χ2n) is 6.48. The first-order chi connectivity index (χ1) is 10.7. The molecule has 1 aromatic carbocycles. The van der Waals surface area contributed by atoms with Gasteiger partial charge in [-0.2, -0.15) is 0 Å². The van der Waals surface area contributed by atoms with Crippen molar-refractivity contribution in [2.45, 2.75) is 33.7 Å². The van der Waals surface area contributed by atoms with E-state index >= 15 is 0 Å². The first kappa shape index (κ1) is 19.0. The molecule has 1 atom stereocenters. The van der Waals surface area contributed by atoms with E-state index in [9.17, 15) is 9.59 Å². The Balaban J connectivity index is 2.71. The molecule has 1 rings (SSSR count). The molecule has 0 spiro atoms. The number of methoxy groups -OCH3 is 1. The summed E-state index contributed by atoms with van der Waals surface area (Å²) in [6.07, 6.45) is 0. The van der Waals surface area contributed by atoms with Crippen LogP contribution in [0.5, 0.6) is 5.75 Å². The summed E-state index contributed by atoms with van der Waals surface area (Å²) in [6.45, 7) is 7.93. The lowest BCUT2D eigenvalue weighted by Gasteiger charge is -2.31. The van der Waals surface area contributed by atoms with Crippen LogP contribution in [0.2, 0.25) is 0 Å². The van der Waals surface area contributed by atoms with Crippen LogP contribution < -0.4 is 15.8 Å². The highest BCUT2D eigenvalue weighted by molar-refractivity contribution is 5.95. The number of nitrogens with zero attached hydrogens (tertiary/aromatic N) is 1. The van der Waals surface area contributed by atoms with Gasteiger partial charge in [0.25, 0.3) is 0 Å². The van der Waals surface area contributed by atoms with Crippen LogP contribution >= 0.6 is 0 Å². The smallest absolute Gasteiger partial charge is 0.243 e. The van der Waals surface area contributed by atoms with E-state index in [1.165, 1.54) is 4.90 Å². The van der Waals surface area contributed by atoms with Crippen molar-refractivity contribution < 1.29 is 14.3 Å². The van der Waals surface area contributed by atoms with Crippen molar-refractivity contribution in [2.24, 2.45) is 11.1 Å². The fourth-order valence-electron chi connectivity index (χ4n) is 1.99. The monoisotopic (exact) mass is 321 g/mol. The van der Waals surface area contributed by atoms with Gasteiger partial charge in [-0.25, -0.2) is 0 Å². The van der Waals surface area contributed by atoms with Crippen LogP contribution in [0.25, 0.3) is 0 Å². The number of nitrogens with one attached hydrogen (secondary N) is 1. The molecule has 2 amide bonds. The number of ether oxygens (including phenoxy) is 1. The molecule has 6 heteroatoms. The number of carbonyl (C=O) groups is 2. The van der Waals surface area contributed by atoms with E-state index in [4.69, 9.17) is 10.5 Å². The quantitative estimate of drug-likeness (QED) is 0.837. The fraction of sp³-hybridized carbons (Fsp3) is 0.529. The summed E-state index contributed by atoms with van der Waals surface area (Å²) in [7, 11) is 1.56. The number of nitrogens with two attached hydrogens (primary N) is 1. The zero-order valence-electron chi connectivity index (χ0n) is 14.6. The number of rotatable bonds is 6. The maximum absolute atomic E-state index is 12.4. The predicted molar refractivity (Wildman–Crippen MR) is 91.3 cm³/mol. The third-order valence-electron chi connectivity index (χ3n) is 3.58. The lowest BCUT2D eigenvalue weighted by Crippen LogP contribution is -2.52. The highest BCUT2D eigenvalue weighted by Crippen LogP contribution is 2.19. The molecule has 0 saturated carbocycles. The van der Waals surface area contributed by atoms with Crippen LogP contribution in [0.1, 0.15) is 27.7 Å². The van der Waals surface area contributed by atoms with Crippen LogP contribution in [0, 0.1) is 5.41 Å². The molecule has 0 aromatic heterocycles. The third-order valence-corrected chi connectivity index (χ3v) is 3.58. The van der Waals surface area contributed by atoms with Crippen LogP contribution in [0.15, 0.2) is 24.3 Å². The zero-order valence-corrected chi connectivity index (χ0v) is 14.6. The molecule has 0 heterocycles. The first-order valence-corrected chi connectivity index (χ1v) is 7.67. The Labute approximate surface area is 138 Å². The minimum absolute atomic E-state index is 0.0314. The van der Waals surface area contributed by atoms with Crippen molar-refractivity contribution >= 4 is 17.5 Å². The summed E-state index contributed by atoms with van der Waals surface area (Å²) in [6, 6.07) is 6.41. The van der Waals surface area contributed by atoms with Gasteiger partial charge in [-0.3, -0.25) is 9.59 Å². The topological polar surface area (TPSA) is 84.7 Å². The number of carbonyl (C=O) groups excluding carboxylic acids is 2. The minimum Gasteiger partial charge on any atom is -0.497 e. The van der Waals surface area contributed by atoms with E-state index in [0.29, 0.717) is 18.0 Å². The van der Waals surface area contributed by atoms with Gasteiger partial charge in [-0.05, 0) is 24.5 Å². The molecular formula is C17H27N3O3. The Morgan fingerprint density at radius 3 is 2.52 bits per heavy atom. The van der Waals surface area contributed by atoms with Crippen molar-refractivity contribution in [3.8, 4) is 5.75 Å². The largest absolute Gasteiger partial charge is 0.497 e. The van der Waals surface area contributed by atoms with Gasteiger partial charge < -0.3 is 20.7 Å². The van der Waals surface area contributed by atoms with Crippen LogP contribution in [-0.2, 0) is 9.59 Å². The zero-order chi connectivity index (χ0) is 17.6. The Bertz CT molecular complexity index is 552. The molecule has 0 radical (unpaired) electrons. The van der Waals surface area contributed by atoms with Crippen molar-refractivity contribution in [1.82, 2.24) is 4.90 Å². The van der Waals surface area contributed by atoms with Crippen molar-refractivity contribution in [3.63, 3.8) is 0 Å². The molecule has 0 aliphatic rings. The highest BCUT2D eigenvalue weighted by Gasteiger charge is 2.31. The summed E-state index contributed by atoms with van der Waals surface area (Å²) in [5.74, 6) is 0.163. The number of hydrogen-bond donors (Lipinski definition) is 2. The molecule has 128 valence electrons. The van der Waals surface area contributed by atoms with Gasteiger partial charge in [0.05, 0.1) is 19.7 Å². The molecule has 0 aliphatic carbocycles. The van der Waals surface area contributed by atoms with Crippen LogP contribution in [-0.4, -0.2) is 43.0 Å². The molecular weight excluding hydrogens is 294 g/mol. The first-order valence-electron chi connectivity index (χ1n) is 7.67. The lowest BCUT2D eigenvalue weighted by molar-refractivity contribution is -0.137. The molecule has 23 heavy (non-hydrogen) atoms. The van der Waals surface area contributed by atoms with E-state index in [-0.39, 0.29) is 23.8 Å².